The van der Waals surface area contributed by atoms with Crippen molar-refractivity contribution in [2.45, 2.75) is 59.3 Å². The highest BCUT2D eigenvalue weighted by molar-refractivity contribution is 6.11. The number of phenols is 2. The first-order valence-electron chi connectivity index (χ1n) is 9.94. The molecule has 0 bridgehead atoms. The number of aromatic hydroxyl groups is 2. The SMILES string of the molecule is CC1(C)CC(=O)C(C(c2ccc(O)c(O)c2)C2C(=O)CC(C)(C)CC2=O)C(=O)C1. The fourth-order valence-electron chi connectivity index (χ4n) is 4.94. The number of hydrogen-bond acceptors (Lipinski definition) is 6. The summed E-state index contributed by atoms with van der Waals surface area (Å²) in [5.74, 6) is -5.07. The van der Waals surface area contributed by atoms with E-state index in [1.807, 2.05) is 27.7 Å². The molecule has 2 aliphatic carbocycles. The van der Waals surface area contributed by atoms with Gasteiger partial charge in [-0.05, 0) is 28.5 Å². The maximum atomic E-state index is 13.0. The highest BCUT2D eigenvalue weighted by atomic mass is 16.3. The van der Waals surface area contributed by atoms with Crippen molar-refractivity contribution in [3.05, 3.63) is 23.8 Å². The lowest BCUT2D eigenvalue weighted by Crippen LogP contribution is -2.48. The van der Waals surface area contributed by atoms with E-state index in [9.17, 15) is 29.4 Å². The molecular weight excluding hydrogens is 372 g/mol. The molecule has 0 atom stereocenters. The Labute approximate surface area is 170 Å². The summed E-state index contributed by atoms with van der Waals surface area (Å²) in [5.41, 5.74) is -0.581. The van der Waals surface area contributed by atoms with Gasteiger partial charge in [-0.3, -0.25) is 19.2 Å². The summed E-state index contributed by atoms with van der Waals surface area (Å²) in [7, 11) is 0. The van der Waals surface area contributed by atoms with Crippen LogP contribution in [0.2, 0.25) is 0 Å². The molecule has 0 spiro atoms. The minimum absolute atomic E-state index is 0.185. The molecule has 156 valence electrons. The molecular formula is C23H28O6. The second kappa shape index (κ2) is 7.08. The first-order valence-corrected chi connectivity index (χ1v) is 9.94. The normalized spacial score (nSPS) is 23.1. The van der Waals surface area contributed by atoms with E-state index in [2.05, 4.69) is 0 Å². The van der Waals surface area contributed by atoms with Gasteiger partial charge < -0.3 is 10.2 Å². The van der Waals surface area contributed by atoms with Crippen molar-refractivity contribution in [2.75, 3.05) is 0 Å². The predicted molar refractivity (Wildman–Crippen MR) is 106 cm³/mol. The van der Waals surface area contributed by atoms with Crippen molar-refractivity contribution >= 4 is 23.1 Å². The number of phenolic OH excluding ortho intramolecular Hbond substituents is 2. The molecule has 2 N–H and O–H groups in total. The molecule has 2 aliphatic rings. The second-order valence-electron chi connectivity index (χ2n) is 10.1. The van der Waals surface area contributed by atoms with Gasteiger partial charge in [0.15, 0.2) is 11.5 Å². The quantitative estimate of drug-likeness (QED) is 0.595. The van der Waals surface area contributed by atoms with Crippen LogP contribution in [0.1, 0.15) is 64.9 Å². The molecule has 3 rings (SSSR count). The Morgan fingerprint density at radius 3 is 1.45 bits per heavy atom. The summed E-state index contributed by atoms with van der Waals surface area (Å²) in [6.07, 6.45) is 0.740. The average Bonchev–Trinajstić information content (AvgIpc) is 2.52. The van der Waals surface area contributed by atoms with Gasteiger partial charge in [0.2, 0.25) is 0 Å². The molecule has 0 amide bonds. The van der Waals surface area contributed by atoms with Crippen molar-refractivity contribution in [3.63, 3.8) is 0 Å². The number of carbonyl (C=O) groups is 4. The molecule has 6 nitrogen and oxygen atoms in total. The van der Waals surface area contributed by atoms with Crippen LogP contribution in [-0.4, -0.2) is 33.3 Å². The summed E-state index contributed by atoms with van der Waals surface area (Å²) in [6.45, 7) is 7.39. The van der Waals surface area contributed by atoms with Crippen LogP contribution in [0.15, 0.2) is 18.2 Å². The van der Waals surface area contributed by atoms with Gasteiger partial charge in [-0.25, -0.2) is 0 Å². The van der Waals surface area contributed by atoms with Crippen LogP contribution < -0.4 is 0 Å². The number of Topliss-reactive ketones (excluding diaryl/α,β-unsaturated/α-hetero) is 4. The third kappa shape index (κ3) is 4.11. The number of rotatable bonds is 3. The largest absolute Gasteiger partial charge is 0.504 e. The summed E-state index contributed by atoms with van der Waals surface area (Å²) in [5, 5.41) is 19.7. The van der Waals surface area contributed by atoms with Crippen molar-refractivity contribution in [1.29, 1.82) is 0 Å². The van der Waals surface area contributed by atoms with Crippen molar-refractivity contribution in [2.24, 2.45) is 22.7 Å². The van der Waals surface area contributed by atoms with Gasteiger partial charge in [0.25, 0.3) is 0 Å². The van der Waals surface area contributed by atoms with Gasteiger partial charge in [-0.15, -0.1) is 0 Å². The highest BCUT2D eigenvalue weighted by Crippen LogP contribution is 2.47. The maximum Gasteiger partial charge on any atom is 0.157 e. The van der Waals surface area contributed by atoms with E-state index in [1.165, 1.54) is 18.2 Å². The van der Waals surface area contributed by atoms with E-state index in [-0.39, 0.29) is 54.6 Å². The van der Waals surface area contributed by atoms with Crippen LogP contribution in [0.4, 0.5) is 0 Å². The van der Waals surface area contributed by atoms with Crippen LogP contribution in [0, 0.1) is 22.7 Å². The number of benzene rings is 1. The fraction of sp³-hybridized carbons (Fsp3) is 0.565. The molecule has 2 fully saturated rings. The Morgan fingerprint density at radius 1 is 0.724 bits per heavy atom. The van der Waals surface area contributed by atoms with Crippen LogP contribution in [-0.2, 0) is 19.2 Å². The van der Waals surface area contributed by atoms with Gasteiger partial charge in [-0.1, -0.05) is 33.8 Å². The molecule has 0 aliphatic heterocycles. The number of hydrogen-bond donors (Lipinski definition) is 2. The van der Waals surface area contributed by atoms with Gasteiger partial charge in [-0.2, -0.15) is 0 Å². The lowest BCUT2D eigenvalue weighted by atomic mass is 9.59. The zero-order valence-corrected chi connectivity index (χ0v) is 17.3. The Balaban J connectivity index is 2.11. The standard InChI is InChI=1S/C23H28O6/c1-22(2)8-15(26)20(16(27)9-22)19(12-5-6-13(24)14(25)7-12)21-17(28)10-23(3,4)11-18(21)29/h5-7,19-21,24-25H,8-11H2,1-4H3. The van der Waals surface area contributed by atoms with Crippen molar-refractivity contribution < 1.29 is 29.4 Å². The average molecular weight is 400 g/mol. The topological polar surface area (TPSA) is 109 Å². The lowest BCUT2D eigenvalue weighted by Gasteiger charge is -2.41. The predicted octanol–water partition coefficient (Wildman–Crippen LogP) is 3.33. The van der Waals surface area contributed by atoms with Crippen molar-refractivity contribution in [1.82, 2.24) is 0 Å². The van der Waals surface area contributed by atoms with Gasteiger partial charge in [0.1, 0.15) is 23.1 Å². The molecule has 29 heavy (non-hydrogen) atoms. The van der Waals surface area contributed by atoms with Crippen LogP contribution in [0.25, 0.3) is 0 Å². The minimum Gasteiger partial charge on any atom is -0.504 e. The Hall–Kier alpha value is -2.50. The summed E-state index contributed by atoms with van der Waals surface area (Å²) >= 11 is 0. The summed E-state index contributed by atoms with van der Waals surface area (Å²) in [6, 6.07) is 3.97. The molecule has 0 heterocycles. The molecule has 0 aromatic heterocycles. The van der Waals surface area contributed by atoms with E-state index in [0.717, 1.165) is 0 Å². The number of ketones is 4. The van der Waals surface area contributed by atoms with E-state index in [4.69, 9.17) is 0 Å². The monoisotopic (exact) mass is 400 g/mol. The molecule has 1 aromatic carbocycles. The van der Waals surface area contributed by atoms with E-state index >= 15 is 0 Å². The molecule has 0 saturated heterocycles. The Morgan fingerprint density at radius 2 is 1.10 bits per heavy atom. The minimum atomic E-state index is -1.11. The second-order valence-corrected chi connectivity index (χ2v) is 10.1. The molecule has 0 radical (unpaired) electrons. The van der Waals surface area contributed by atoms with Gasteiger partial charge in [0.05, 0.1) is 11.8 Å². The van der Waals surface area contributed by atoms with E-state index < -0.39 is 34.3 Å². The summed E-state index contributed by atoms with van der Waals surface area (Å²) in [4.78, 5) is 52.1. The number of carbonyl (C=O) groups excluding carboxylic acids is 4. The van der Waals surface area contributed by atoms with E-state index in [0.29, 0.717) is 5.56 Å². The zero-order valence-electron chi connectivity index (χ0n) is 17.3. The first-order chi connectivity index (χ1) is 13.3. The maximum absolute atomic E-state index is 13.0. The Bertz CT molecular complexity index is 807. The smallest absolute Gasteiger partial charge is 0.157 e. The molecule has 1 aromatic rings. The first kappa shape index (κ1) is 21.2. The summed E-state index contributed by atoms with van der Waals surface area (Å²) < 4.78 is 0. The van der Waals surface area contributed by atoms with Crippen LogP contribution in [0.3, 0.4) is 0 Å². The lowest BCUT2D eigenvalue weighted by molar-refractivity contribution is -0.145. The molecule has 2 saturated carbocycles. The molecule has 0 unspecified atom stereocenters. The van der Waals surface area contributed by atoms with Gasteiger partial charge >= 0.3 is 0 Å². The Kier molecular flexibility index (Phi) is 5.18. The van der Waals surface area contributed by atoms with Crippen molar-refractivity contribution in [3.8, 4) is 11.5 Å². The van der Waals surface area contributed by atoms with E-state index in [1.54, 1.807) is 0 Å². The third-order valence-corrected chi connectivity index (χ3v) is 6.10. The molecule has 6 heteroatoms. The highest BCUT2D eigenvalue weighted by Gasteiger charge is 2.52. The van der Waals surface area contributed by atoms with Crippen LogP contribution in [0.5, 0.6) is 11.5 Å². The van der Waals surface area contributed by atoms with Gasteiger partial charge in [0, 0.05) is 31.6 Å². The third-order valence-electron chi connectivity index (χ3n) is 6.10. The van der Waals surface area contributed by atoms with Crippen LogP contribution >= 0.6 is 0 Å². The fourth-order valence-corrected chi connectivity index (χ4v) is 4.94. The zero-order chi connectivity index (χ0) is 21.7.